The lowest BCUT2D eigenvalue weighted by Gasteiger charge is -2.16. The zero-order valence-corrected chi connectivity index (χ0v) is 15.8. The molecule has 136 valence electrons. The van der Waals surface area contributed by atoms with Crippen LogP contribution in [0, 0.1) is 0 Å². The monoisotopic (exact) mass is 370 g/mol. The molecule has 0 amide bonds. The molecular weight excluding hydrogens is 348 g/mol. The van der Waals surface area contributed by atoms with Crippen molar-refractivity contribution in [3.8, 4) is 5.75 Å². The van der Waals surface area contributed by atoms with E-state index in [1.807, 2.05) is 12.1 Å². The van der Waals surface area contributed by atoms with Gasteiger partial charge in [0.25, 0.3) is 5.56 Å². The zero-order valence-electron chi connectivity index (χ0n) is 15.0. The molecule has 0 aliphatic carbocycles. The molecule has 26 heavy (non-hydrogen) atoms. The predicted molar refractivity (Wildman–Crippen MR) is 104 cm³/mol. The van der Waals surface area contributed by atoms with Crippen molar-refractivity contribution in [1.82, 2.24) is 14.6 Å². The van der Waals surface area contributed by atoms with E-state index >= 15 is 0 Å². The highest BCUT2D eigenvalue weighted by atomic mass is 32.1. The lowest BCUT2D eigenvalue weighted by Crippen LogP contribution is -2.20. The average Bonchev–Trinajstić information content (AvgIpc) is 3.29. The molecular formula is C19H22N4O2S. The molecule has 1 aliphatic heterocycles. The minimum Gasteiger partial charge on any atom is -0.496 e. The number of aryl methyl sites for hydroxylation is 1. The summed E-state index contributed by atoms with van der Waals surface area (Å²) in [5.74, 6) is 1.34. The Kier molecular flexibility index (Phi) is 4.63. The summed E-state index contributed by atoms with van der Waals surface area (Å²) in [5.41, 5.74) is 1.99. The molecule has 0 bridgehead atoms. The number of methoxy groups -OCH3 is 1. The van der Waals surface area contributed by atoms with Gasteiger partial charge in [0.05, 0.1) is 7.11 Å². The predicted octanol–water partition coefficient (Wildman–Crippen LogP) is 3.11. The molecule has 0 N–H and O–H groups in total. The number of hydrogen-bond donors (Lipinski definition) is 0. The second-order valence-corrected chi connectivity index (χ2v) is 7.52. The van der Waals surface area contributed by atoms with Gasteiger partial charge in [-0.2, -0.15) is 4.52 Å². The third-order valence-electron chi connectivity index (χ3n) is 4.83. The van der Waals surface area contributed by atoms with E-state index in [0.29, 0.717) is 10.9 Å². The van der Waals surface area contributed by atoms with Crippen molar-refractivity contribution >= 4 is 21.4 Å². The van der Waals surface area contributed by atoms with Gasteiger partial charge in [0, 0.05) is 30.8 Å². The van der Waals surface area contributed by atoms with Crippen molar-refractivity contribution in [2.75, 3.05) is 25.1 Å². The number of aromatic nitrogens is 3. The van der Waals surface area contributed by atoms with E-state index in [1.165, 1.54) is 21.4 Å². The third-order valence-corrected chi connectivity index (χ3v) is 5.80. The highest BCUT2D eigenvalue weighted by Gasteiger charge is 2.28. The lowest BCUT2D eigenvalue weighted by atomic mass is 9.97. The van der Waals surface area contributed by atoms with Crippen LogP contribution in [-0.2, 0) is 6.42 Å². The van der Waals surface area contributed by atoms with Gasteiger partial charge in [-0.1, -0.05) is 42.9 Å². The number of para-hydroxylation sites is 1. The van der Waals surface area contributed by atoms with Crippen LogP contribution in [0.1, 0.15) is 36.9 Å². The Morgan fingerprint density at radius 1 is 1.35 bits per heavy atom. The second kappa shape index (κ2) is 7.07. The first-order valence-electron chi connectivity index (χ1n) is 8.97. The van der Waals surface area contributed by atoms with Crippen LogP contribution >= 0.6 is 11.3 Å². The number of nitrogens with zero attached hydrogens (tertiary/aromatic N) is 4. The van der Waals surface area contributed by atoms with E-state index in [0.717, 1.165) is 48.9 Å². The van der Waals surface area contributed by atoms with Gasteiger partial charge in [0.15, 0.2) is 0 Å². The standard InChI is InChI=1S/C19H22N4O2S/c1-3-6-14-11-17(24)23-18(20-14)26-19(21-23)22-10-9-13(12-22)15-7-4-5-8-16(15)25-2/h4-5,7-8,11,13H,3,6,9-10,12H2,1-2H3. The van der Waals surface area contributed by atoms with Gasteiger partial charge in [-0.05, 0) is 24.5 Å². The molecule has 0 spiro atoms. The number of ether oxygens (including phenoxy) is 1. The summed E-state index contributed by atoms with van der Waals surface area (Å²) in [4.78, 5) is 19.8. The van der Waals surface area contributed by atoms with Crippen molar-refractivity contribution in [3.05, 3.63) is 51.9 Å². The Morgan fingerprint density at radius 3 is 3.00 bits per heavy atom. The van der Waals surface area contributed by atoms with Gasteiger partial charge in [-0.25, -0.2) is 4.98 Å². The van der Waals surface area contributed by atoms with Gasteiger partial charge < -0.3 is 9.64 Å². The van der Waals surface area contributed by atoms with Gasteiger partial charge in [-0.3, -0.25) is 4.79 Å². The first kappa shape index (κ1) is 17.0. The normalized spacial score (nSPS) is 17.2. The number of rotatable bonds is 5. The first-order valence-corrected chi connectivity index (χ1v) is 9.79. The topological polar surface area (TPSA) is 59.7 Å². The molecule has 1 atom stereocenters. The van der Waals surface area contributed by atoms with Crippen LogP contribution in [0.25, 0.3) is 4.96 Å². The van der Waals surface area contributed by atoms with Crippen molar-refractivity contribution in [1.29, 1.82) is 0 Å². The quantitative estimate of drug-likeness (QED) is 0.691. The lowest BCUT2D eigenvalue weighted by molar-refractivity contribution is 0.406. The Labute approximate surface area is 156 Å². The molecule has 3 aromatic rings. The van der Waals surface area contributed by atoms with Crippen molar-refractivity contribution in [3.63, 3.8) is 0 Å². The molecule has 1 saturated heterocycles. The molecule has 4 rings (SSSR count). The Bertz CT molecular complexity index is 981. The molecule has 1 aromatic carbocycles. The van der Waals surface area contributed by atoms with Crippen LogP contribution in [-0.4, -0.2) is 34.8 Å². The highest BCUT2D eigenvalue weighted by Crippen LogP contribution is 2.36. The molecule has 1 aliphatic rings. The van der Waals surface area contributed by atoms with E-state index < -0.39 is 0 Å². The van der Waals surface area contributed by atoms with E-state index in [4.69, 9.17) is 4.74 Å². The molecule has 0 radical (unpaired) electrons. The smallest absolute Gasteiger partial charge is 0.275 e. The Hall–Kier alpha value is -2.41. The number of benzene rings is 1. The van der Waals surface area contributed by atoms with Crippen LogP contribution in [0.15, 0.2) is 35.1 Å². The molecule has 6 nitrogen and oxygen atoms in total. The van der Waals surface area contributed by atoms with Crippen molar-refractivity contribution < 1.29 is 4.74 Å². The van der Waals surface area contributed by atoms with Crippen molar-refractivity contribution in [2.45, 2.75) is 32.1 Å². The van der Waals surface area contributed by atoms with Gasteiger partial charge in [0.2, 0.25) is 10.1 Å². The highest BCUT2D eigenvalue weighted by molar-refractivity contribution is 7.20. The van der Waals surface area contributed by atoms with Gasteiger partial charge >= 0.3 is 0 Å². The third kappa shape index (κ3) is 3.07. The summed E-state index contributed by atoms with van der Waals surface area (Å²) in [6.07, 6.45) is 2.83. The minimum absolute atomic E-state index is 0.0959. The molecule has 2 aromatic heterocycles. The van der Waals surface area contributed by atoms with Crippen LogP contribution < -0.4 is 15.2 Å². The summed E-state index contributed by atoms with van der Waals surface area (Å²) in [5, 5.41) is 5.38. The van der Waals surface area contributed by atoms with Crippen LogP contribution in [0.2, 0.25) is 0 Å². The maximum absolute atomic E-state index is 12.3. The first-order chi connectivity index (χ1) is 12.7. The number of hydrogen-bond acceptors (Lipinski definition) is 6. The average molecular weight is 370 g/mol. The van der Waals surface area contributed by atoms with Crippen LogP contribution in [0.3, 0.4) is 0 Å². The summed E-state index contributed by atoms with van der Waals surface area (Å²) in [6.45, 7) is 3.87. The number of anilines is 1. The van der Waals surface area contributed by atoms with Gasteiger partial charge in [0.1, 0.15) is 5.75 Å². The fourth-order valence-electron chi connectivity index (χ4n) is 3.55. The summed E-state index contributed by atoms with van der Waals surface area (Å²) in [7, 11) is 1.71. The molecule has 7 heteroatoms. The second-order valence-electron chi connectivity index (χ2n) is 6.59. The fourth-order valence-corrected chi connectivity index (χ4v) is 4.51. The summed E-state index contributed by atoms with van der Waals surface area (Å²) < 4.78 is 6.94. The summed E-state index contributed by atoms with van der Waals surface area (Å²) >= 11 is 1.49. The minimum atomic E-state index is -0.0959. The number of fused-ring (bicyclic) bond motifs is 1. The SMILES string of the molecule is CCCc1cc(=O)n2nc(N3CCC(c4ccccc4OC)C3)sc2n1. The molecule has 0 saturated carbocycles. The largest absolute Gasteiger partial charge is 0.496 e. The van der Waals surface area contributed by atoms with E-state index in [1.54, 1.807) is 13.2 Å². The van der Waals surface area contributed by atoms with Gasteiger partial charge in [-0.15, -0.1) is 5.10 Å². The maximum Gasteiger partial charge on any atom is 0.275 e. The van der Waals surface area contributed by atoms with E-state index in [-0.39, 0.29) is 5.56 Å². The van der Waals surface area contributed by atoms with E-state index in [2.05, 4.69) is 34.0 Å². The van der Waals surface area contributed by atoms with Crippen molar-refractivity contribution in [2.24, 2.45) is 0 Å². The van der Waals surface area contributed by atoms with Crippen LogP contribution in [0.5, 0.6) is 5.75 Å². The van der Waals surface area contributed by atoms with E-state index in [9.17, 15) is 4.79 Å². The fraction of sp³-hybridized carbons (Fsp3) is 0.421. The molecule has 1 fully saturated rings. The Balaban J connectivity index is 1.61. The molecule has 1 unspecified atom stereocenters. The zero-order chi connectivity index (χ0) is 18.1. The molecule has 3 heterocycles. The Morgan fingerprint density at radius 2 is 2.19 bits per heavy atom. The summed E-state index contributed by atoms with van der Waals surface area (Å²) in [6, 6.07) is 9.79. The van der Waals surface area contributed by atoms with Crippen LogP contribution in [0.4, 0.5) is 5.13 Å². The maximum atomic E-state index is 12.3.